The molecule has 1 unspecified atom stereocenters. The van der Waals surface area contributed by atoms with Gasteiger partial charge in [-0.1, -0.05) is 18.2 Å². The fourth-order valence-electron chi connectivity index (χ4n) is 4.37. The van der Waals surface area contributed by atoms with Crippen molar-refractivity contribution in [2.45, 2.75) is 45.1 Å². The molecule has 0 radical (unpaired) electrons. The Bertz CT molecular complexity index is 1130. The minimum absolute atomic E-state index is 0.122. The molecule has 0 aliphatic carbocycles. The fourth-order valence-corrected chi connectivity index (χ4v) is 4.37. The molecule has 0 bridgehead atoms. The van der Waals surface area contributed by atoms with Gasteiger partial charge in [0, 0.05) is 36.2 Å². The largest absolute Gasteiger partial charge is 0.480 e. The monoisotopic (exact) mass is 443 g/mol. The highest BCUT2D eigenvalue weighted by atomic mass is 16.5. The number of aromatic nitrogens is 2. The standard InChI is InChI=1S/C26H29N5O2/c1-18-17-24(30-26(27-18)31-15-5-2-6-16-31)28-20-10-12-21(13-11-20)29-25(32)23-14-9-19-7-3-4-8-22(19)33-23/h3-4,7-8,10-13,17,23H,2,5-6,9,14-16H2,1H3,(H,29,32)(H,27,28,30). The molecular weight excluding hydrogens is 414 g/mol. The first-order valence-corrected chi connectivity index (χ1v) is 11.7. The average Bonchev–Trinajstić information content (AvgIpc) is 2.85. The van der Waals surface area contributed by atoms with E-state index in [1.165, 1.54) is 19.3 Å². The van der Waals surface area contributed by atoms with Crippen molar-refractivity contribution in [2.24, 2.45) is 0 Å². The highest BCUT2D eigenvalue weighted by Gasteiger charge is 2.25. The van der Waals surface area contributed by atoms with Gasteiger partial charge in [-0.2, -0.15) is 4.98 Å². The van der Waals surface area contributed by atoms with Gasteiger partial charge >= 0.3 is 0 Å². The number of hydrogen-bond acceptors (Lipinski definition) is 6. The van der Waals surface area contributed by atoms with Gasteiger partial charge < -0.3 is 20.3 Å². The summed E-state index contributed by atoms with van der Waals surface area (Å²) in [5.74, 6) is 2.24. The van der Waals surface area contributed by atoms with Crippen LogP contribution in [0.4, 0.5) is 23.1 Å². The van der Waals surface area contributed by atoms with Crippen molar-refractivity contribution < 1.29 is 9.53 Å². The smallest absolute Gasteiger partial charge is 0.265 e. The van der Waals surface area contributed by atoms with Crippen molar-refractivity contribution in [3.05, 3.63) is 65.9 Å². The van der Waals surface area contributed by atoms with E-state index in [-0.39, 0.29) is 5.91 Å². The number of carbonyl (C=O) groups excluding carboxylic acids is 1. The first-order chi connectivity index (χ1) is 16.1. The number of anilines is 4. The molecule has 170 valence electrons. The van der Waals surface area contributed by atoms with Crippen molar-refractivity contribution in [1.82, 2.24) is 9.97 Å². The quantitative estimate of drug-likeness (QED) is 0.587. The Morgan fingerprint density at radius 1 is 1.00 bits per heavy atom. The summed E-state index contributed by atoms with van der Waals surface area (Å²) in [5.41, 5.74) is 3.73. The highest BCUT2D eigenvalue weighted by Crippen LogP contribution is 2.28. The lowest BCUT2D eigenvalue weighted by Gasteiger charge is -2.27. The summed E-state index contributed by atoms with van der Waals surface area (Å²) in [4.78, 5) is 24.3. The number of nitrogens with zero attached hydrogens (tertiary/aromatic N) is 3. The van der Waals surface area contributed by atoms with E-state index in [0.717, 1.165) is 59.7 Å². The fraction of sp³-hybridized carbons (Fsp3) is 0.346. The van der Waals surface area contributed by atoms with Crippen molar-refractivity contribution >= 4 is 29.0 Å². The number of para-hydroxylation sites is 1. The molecule has 1 atom stereocenters. The zero-order valence-corrected chi connectivity index (χ0v) is 18.9. The summed E-state index contributed by atoms with van der Waals surface area (Å²) in [6.07, 6.45) is 4.69. The van der Waals surface area contributed by atoms with Crippen molar-refractivity contribution in [1.29, 1.82) is 0 Å². The molecule has 1 amide bonds. The number of piperidine rings is 1. The van der Waals surface area contributed by atoms with E-state index in [1.807, 2.05) is 61.5 Å². The Morgan fingerprint density at radius 3 is 2.58 bits per heavy atom. The Labute approximate surface area is 194 Å². The van der Waals surface area contributed by atoms with Gasteiger partial charge in [-0.3, -0.25) is 4.79 Å². The van der Waals surface area contributed by atoms with Gasteiger partial charge in [0.1, 0.15) is 11.6 Å². The molecule has 2 aliphatic heterocycles. The van der Waals surface area contributed by atoms with Gasteiger partial charge in [0.05, 0.1) is 0 Å². The first kappa shape index (κ1) is 21.2. The lowest BCUT2D eigenvalue weighted by atomic mass is 10.0. The molecule has 3 aromatic rings. The van der Waals surface area contributed by atoms with Gasteiger partial charge in [0.15, 0.2) is 6.10 Å². The molecule has 3 heterocycles. The van der Waals surface area contributed by atoms with Crippen LogP contribution in [0.25, 0.3) is 0 Å². The van der Waals surface area contributed by atoms with Gasteiger partial charge in [-0.05, 0) is 74.9 Å². The van der Waals surface area contributed by atoms with E-state index in [1.54, 1.807) is 0 Å². The predicted molar refractivity (Wildman–Crippen MR) is 130 cm³/mol. The molecular formula is C26H29N5O2. The number of hydrogen-bond donors (Lipinski definition) is 2. The van der Waals surface area contributed by atoms with Crippen LogP contribution in [0.3, 0.4) is 0 Å². The van der Waals surface area contributed by atoms with Crippen LogP contribution in [0.5, 0.6) is 5.75 Å². The molecule has 5 rings (SSSR count). The summed E-state index contributed by atoms with van der Waals surface area (Å²) < 4.78 is 5.90. The summed E-state index contributed by atoms with van der Waals surface area (Å²) in [5, 5.41) is 6.33. The lowest BCUT2D eigenvalue weighted by molar-refractivity contribution is -0.123. The van der Waals surface area contributed by atoms with E-state index >= 15 is 0 Å². The Morgan fingerprint density at radius 2 is 1.76 bits per heavy atom. The third-order valence-corrected chi connectivity index (χ3v) is 6.12. The van der Waals surface area contributed by atoms with Crippen LogP contribution < -0.4 is 20.3 Å². The van der Waals surface area contributed by atoms with E-state index in [9.17, 15) is 4.79 Å². The van der Waals surface area contributed by atoms with E-state index < -0.39 is 6.10 Å². The van der Waals surface area contributed by atoms with Crippen LogP contribution in [0.1, 0.15) is 36.9 Å². The van der Waals surface area contributed by atoms with Gasteiger partial charge in [0.2, 0.25) is 5.95 Å². The summed E-state index contributed by atoms with van der Waals surface area (Å²) >= 11 is 0. The molecule has 7 heteroatoms. The maximum atomic E-state index is 12.7. The number of rotatable bonds is 5. The molecule has 2 aromatic carbocycles. The molecule has 0 spiro atoms. The average molecular weight is 444 g/mol. The van der Waals surface area contributed by atoms with E-state index in [2.05, 4.69) is 20.5 Å². The number of amides is 1. The Hall–Kier alpha value is -3.61. The molecule has 1 saturated heterocycles. The van der Waals surface area contributed by atoms with E-state index in [0.29, 0.717) is 6.42 Å². The SMILES string of the molecule is Cc1cc(Nc2ccc(NC(=O)C3CCc4ccccc4O3)cc2)nc(N2CCCCC2)n1. The summed E-state index contributed by atoms with van der Waals surface area (Å²) in [7, 11) is 0. The van der Waals surface area contributed by atoms with Gasteiger partial charge in [-0.25, -0.2) is 4.98 Å². The minimum Gasteiger partial charge on any atom is -0.480 e. The lowest BCUT2D eigenvalue weighted by Crippen LogP contribution is -2.35. The van der Waals surface area contributed by atoms with Crippen molar-refractivity contribution in [3.63, 3.8) is 0 Å². The topological polar surface area (TPSA) is 79.4 Å². The third kappa shape index (κ3) is 5.08. The maximum Gasteiger partial charge on any atom is 0.265 e. The summed E-state index contributed by atoms with van der Waals surface area (Å²) in [6, 6.07) is 17.5. The molecule has 7 nitrogen and oxygen atoms in total. The zero-order valence-electron chi connectivity index (χ0n) is 18.9. The molecule has 2 aliphatic rings. The second-order valence-electron chi connectivity index (χ2n) is 8.69. The molecule has 33 heavy (non-hydrogen) atoms. The number of fused-ring (bicyclic) bond motifs is 1. The molecule has 0 saturated carbocycles. The number of benzene rings is 2. The second-order valence-corrected chi connectivity index (χ2v) is 8.69. The van der Waals surface area contributed by atoms with Crippen LogP contribution in [-0.4, -0.2) is 35.1 Å². The number of ether oxygens (including phenoxy) is 1. The Balaban J connectivity index is 1.21. The summed E-state index contributed by atoms with van der Waals surface area (Å²) in [6.45, 7) is 4.01. The Kier molecular flexibility index (Phi) is 6.11. The van der Waals surface area contributed by atoms with Crippen LogP contribution in [0.2, 0.25) is 0 Å². The zero-order chi connectivity index (χ0) is 22.6. The number of carbonyl (C=O) groups is 1. The van der Waals surface area contributed by atoms with Crippen LogP contribution in [0, 0.1) is 6.92 Å². The molecule has 2 N–H and O–H groups in total. The predicted octanol–water partition coefficient (Wildman–Crippen LogP) is 4.85. The van der Waals surface area contributed by atoms with Crippen molar-refractivity contribution in [2.75, 3.05) is 28.6 Å². The third-order valence-electron chi connectivity index (χ3n) is 6.12. The first-order valence-electron chi connectivity index (χ1n) is 11.7. The molecule has 1 fully saturated rings. The van der Waals surface area contributed by atoms with Crippen LogP contribution in [0.15, 0.2) is 54.6 Å². The second kappa shape index (κ2) is 9.48. The maximum absolute atomic E-state index is 12.7. The van der Waals surface area contributed by atoms with Crippen LogP contribution >= 0.6 is 0 Å². The normalized spacial score (nSPS) is 17.6. The van der Waals surface area contributed by atoms with Crippen LogP contribution in [-0.2, 0) is 11.2 Å². The van der Waals surface area contributed by atoms with Gasteiger partial charge in [0.25, 0.3) is 5.91 Å². The molecule has 1 aromatic heterocycles. The van der Waals surface area contributed by atoms with Gasteiger partial charge in [-0.15, -0.1) is 0 Å². The minimum atomic E-state index is -0.477. The highest BCUT2D eigenvalue weighted by molar-refractivity contribution is 5.94. The van der Waals surface area contributed by atoms with E-state index in [4.69, 9.17) is 9.72 Å². The number of nitrogens with one attached hydrogen (secondary N) is 2. The number of aryl methyl sites for hydroxylation is 2. The van der Waals surface area contributed by atoms with Crippen molar-refractivity contribution in [3.8, 4) is 5.75 Å².